The van der Waals surface area contributed by atoms with Crippen LogP contribution in [0, 0.1) is 12.8 Å². The van der Waals surface area contributed by atoms with Gasteiger partial charge in [0, 0.05) is 29.9 Å². The predicted octanol–water partition coefficient (Wildman–Crippen LogP) is 6.68. The average molecular weight is 562 g/mol. The van der Waals surface area contributed by atoms with E-state index < -0.39 is 8.32 Å². The lowest BCUT2D eigenvalue weighted by atomic mass is 9.87. The van der Waals surface area contributed by atoms with E-state index in [0.29, 0.717) is 28.9 Å². The Kier molecular flexibility index (Phi) is 7.74. The molecule has 0 saturated heterocycles. The van der Waals surface area contributed by atoms with Crippen LogP contribution in [0.5, 0.6) is 0 Å². The fraction of sp³-hybridized carbons (Fsp3) is 0.581. The quantitative estimate of drug-likeness (QED) is 0.254. The zero-order chi connectivity index (χ0) is 28.8. The summed E-state index contributed by atoms with van der Waals surface area (Å²) in [5.74, 6) is 1.39. The maximum atomic E-state index is 13.5. The molecular weight excluding hydrogens is 518 g/mol. The number of Topliss-reactive ketones (excluding diaryl/α,β-unsaturated/α-hetero) is 1. The first-order valence-electron chi connectivity index (χ1n) is 14.7. The van der Waals surface area contributed by atoms with E-state index in [1.807, 2.05) is 13.0 Å². The molecule has 5 rings (SSSR count). The van der Waals surface area contributed by atoms with Crippen LogP contribution >= 0.6 is 0 Å². The van der Waals surface area contributed by atoms with E-state index in [2.05, 4.69) is 50.2 Å². The van der Waals surface area contributed by atoms with Crippen molar-refractivity contribution in [1.82, 2.24) is 19.5 Å². The number of anilines is 2. The molecule has 0 amide bonds. The van der Waals surface area contributed by atoms with Crippen molar-refractivity contribution in [3.05, 3.63) is 51.1 Å². The molecular formula is C31H43N5O3Si. The van der Waals surface area contributed by atoms with Gasteiger partial charge in [0.2, 0.25) is 5.95 Å². The Labute approximate surface area is 238 Å². The number of nitrogens with zero attached hydrogens (tertiary/aromatic N) is 4. The van der Waals surface area contributed by atoms with Crippen LogP contribution < -0.4 is 10.9 Å². The van der Waals surface area contributed by atoms with Crippen molar-refractivity contribution >= 4 is 36.9 Å². The first-order chi connectivity index (χ1) is 18.9. The molecule has 40 heavy (non-hydrogen) atoms. The molecule has 3 aromatic heterocycles. The van der Waals surface area contributed by atoms with Crippen molar-refractivity contribution in [2.45, 2.75) is 104 Å². The second-order valence-corrected chi connectivity index (χ2v) is 18.0. The van der Waals surface area contributed by atoms with Gasteiger partial charge in [0.15, 0.2) is 14.1 Å². The third-order valence-electron chi connectivity index (χ3n) is 9.34. The van der Waals surface area contributed by atoms with E-state index in [1.54, 1.807) is 10.8 Å². The van der Waals surface area contributed by atoms with Gasteiger partial charge in [0.25, 0.3) is 5.56 Å². The van der Waals surface area contributed by atoms with Crippen molar-refractivity contribution in [3.63, 3.8) is 0 Å². The van der Waals surface area contributed by atoms with Crippen LogP contribution in [0.15, 0.2) is 23.1 Å². The second kappa shape index (κ2) is 10.8. The third-order valence-corrected chi connectivity index (χ3v) is 13.8. The number of carbonyl (C=O) groups is 1. The SMILES string of the molecule is CC(=O)c1c(C)c2cnc(Nc3ccc4c(n3)CC[C@@H](CO[Si](C)(C)C(C)(C)C)C4)nc2n(C2CCCC2)c1=O. The Morgan fingerprint density at radius 1 is 1.15 bits per heavy atom. The molecule has 3 aromatic rings. The zero-order valence-corrected chi connectivity index (χ0v) is 26.1. The van der Waals surface area contributed by atoms with Crippen LogP contribution in [0.2, 0.25) is 18.1 Å². The molecule has 0 aliphatic heterocycles. The predicted molar refractivity (Wildman–Crippen MR) is 162 cm³/mol. The molecule has 9 heteroatoms. The van der Waals surface area contributed by atoms with Gasteiger partial charge >= 0.3 is 0 Å². The number of hydrogen-bond donors (Lipinski definition) is 1. The minimum atomic E-state index is -1.76. The van der Waals surface area contributed by atoms with Gasteiger partial charge in [-0.1, -0.05) is 39.7 Å². The highest BCUT2D eigenvalue weighted by Gasteiger charge is 2.38. The number of fused-ring (bicyclic) bond motifs is 2. The molecule has 0 radical (unpaired) electrons. The summed E-state index contributed by atoms with van der Waals surface area (Å²) >= 11 is 0. The summed E-state index contributed by atoms with van der Waals surface area (Å²) in [7, 11) is -1.76. The number of carbonyl (C=O) groups excluding carboxylic acids is 1. The van der Waals surface area contributed by atoms with Crippen molar-refractivity contribution in [2.24, 2.45) is 5.92 Å². The van der Waals surface area contributed by atoms with Crippen LogP contribution in [-0.2, 0) is 17.3 Å². The minimum Gasteiger partial charge on any atom is -0.417 e. The number of nitrogens with one attached hydrogen (secondary N) is 1. The van der Waals surface area contributed by atoms with Gasteiger partial charge in [0.1, 0.15) is 11.5 Å². The number of aryl methyl sites for hydroxylation is 2. The Morgan fingerprint density at radius 2 is 1.88 bits per heavy atom. The first kappa shape index (κ1) is 28.6. The van der Waals surface area contributed by atoms with Gasteiger partial charge in [-0.15, -0.1) is 0 Å². The summed E-state index contributed by atoms with van der Waals surface area (Å²) in [6.45, 7) is 15.6. The lowest BCUT2D eigenvalue weighted by Gasteiger charge is -2.38. The van der Waals surface area contributed by atoms with Crippen molar-refractivity contribution in [2.75, 3.05) is 11.9 Å². The summed E-state index contributed by atoms with van der Waals surface area (Å²) in [6.07, 6.45) is 8.66. The highest BCUT2D eigenvalue weighted by molar-refractivity contribution is 6.74. The molecule has 0 unspecified atom stereocenters. The van der Waals surface area contributed by atoms with Crippen LogP contribution in [-0.4, -0.2) is 40.2 Å². The molecule has 8 nitrogen and oxygen atoms in total. The molecule has 1 saturated carbocycles. The van der Waals surface area contributed by atoms with Gasteiger partial charge in [-0.25, -0.2) is 9.97 Å². The zero-order valence-electron chi connectivity index (χ0n) is 25.1. The molecule has 214 valence electrons. The Hall–Kier alpha value is -2.91. The van der Waals surface area contributed by atoms with Crippen LogP contribution in [0.25, 0.3) is 11.0 Å². The van der Waals surface area contributed by atoms with E-state index in [9.17, 15) is 9.59 Å². The highest BCUT2D eigenvalue weighted by atomic mass is 28.4. The highest BCUT2D eigenvalue weighted by Crippen LogP contribution is 2.38. The van der Waals surface area contributed by atoms with Gasteiger partial charge < -0.3 is 9.74 Å². The van der Waals surface area contributed by atoms with E-state index in [0.717, 1.165) is 62.6 Å². The molecule has 0 aromatic carbocycles. The number of aromatic nitrogens is 4. The van der Waals surface area contributed by atoms with Gasteiger partial charge in [0.05, 0.1) is 5.56 Å². The standard InChI is InChI=1S/C31H43N5O3Si/c1-19-24-17-32-30(35-28(24)36(23-10-8-9-11-23)29(38)27(19)20(2)37)34-26-15-13-22-16-21(12-14-25(22)33-26)18-39-40(6,7)31(3,4)5/h13,15,17,21,23H,8-12,14,16,18H2,1-7H3,(H,32,33,34,35)/t21-/m1/s1. The van der Waals surface area contributed by atoms with E-state index in [1.165, 1.54) is 12.5 Å². The lowest BCUT2D eigenvalue weighted by Crippen LogP contribution is -2.42. The molecule has 0 bridgehead atoms. The van der Waals surface area contributed by atoms with Crippen molar-refractivity contribution in [3.8, 4) is 0 Å². The number of rotatable bonds is 7. The van der Waals surface area contributed by atoms with Crippen LogP contribution in [0.3, 0.4) is 0 Å². The first-order valence-corrected chi connectivity index (χ1v) is 17.6. The average Bonchev–Trinajstić information content (AvgIpc) is 3.41. The topological polar surface area (TPSA) is 99.0 Å². The Balaban J connectivity index is 1.38. The molecule has 1 fully saturated rings. The minimum absolute atomic E-state index is 0.0480. The summed E-state index contributed by atoms with van der Waals surface area (Å²) in [4.78, 5) is 40.1. The molecule has 3 heterocycles. The number of pyridine rings is 2. The number of hydrogen-bond acceptors (Lipinski definition) is 7. The molecule has 2 aliphatic rings. The van der Waals surface area contributed by atoms with E-state index in [-0.39, 0.29) is 28.0 Å². The number of ketones is 1. The summed E-state index contributed by atoms with van der Waals surface area (Å²) in [5.41, 5.74) is 3.62. The fourth-order valence-corrected chi connectivity index (χ4v) is 6.95. The molecule has 2 aliphatic carbocycles. The summed E-state index contributed by atoms with van der Waals surface area (Å²) in [6, 6.07) is 4.19. The lowest BCUT2D eigenvalue weighted by molar-refractivity contribution is 0.101. The Bertz CT molecular complexity index is 1500. The van der Waals surface area contributed by atoms with Gasteiger partial charge in [-0.2, -0.15) is 4.98 Å². The van der Waals surface area contributed by atoms with E-state index >= 15 is 0 Å². The van der Waals surface area contributed by atoms with Crippen LogP contribution in [0.4, 0.5) is 11.8 Å². The van der Waals surface area contributed by atoms with Crippen molar-refractivity contribution < 1.29 is 9.22 Å². The Morgan fingerprint density at radius 3 is 2.55 bits per heavy atom. The van der Waals surface area contributed by atoms with Crippen molar-refractivity contribution in [1.29, 1.82) is 0 Å². The summed E-state index contributed by atoms with van der Waals surface area (Å²) in [5, 5.41) is 4.24. The molecule has 0 spiro atoms. The largest absolute Gasteiger partial charge is 0.417 e. The third kappa shape index (κ3) is 5.50. The van der Waals surface area contributed by atoms with E-state index in [4.69, 9.17) is 14.4 Å². The summed E-state index contributed by atoms with van der Waals surface area (Å²) < 4.78 is 8.26. The monoisotopic (exact) mass is 561 g/mol. The normalized spacial score (nSPS) is 18.2. The van der Waals surface area contributed by atoms with Gasteiger partial charge in [-0.05, 0) is 87.2 Å². The maximum Gasteiger partial charge on any atom is 0.263 e. The smallest absolute Gasteiger partial charge is 0.263 e. The van der Waals surface area contributed by atoms with Crippen LogP contribution in [0.1, 0.15) is 93.0 Å². The maximum absolute atomic E-state index is 13.5. The fourth-order valence-electron chi connectivity index (χ4n) is 5.86. The molecule has 1 atom stereocenters. The molecule has 1 N–H and O–H groups in total. The van der Waals surface area contributed by atoms with Gasteiger partial charge in [-0.3, -0.25) is 14.2 Å². The second-order valence-electron chi connectivity index (χ2n) is 13.2.